The molecule has 17 heavy (non-hydrogen) atoms. The molecule has 0 aliphatic rings. The van der Waals surface area contributed by atoms with Gasteiger partial charge >= 0.3 is 0 Å². The third-order valence-corrected chi connectivity index (χ3v) is 2.32. The van der Waals surface area contributed by atoms with Gasteiger partial charge in [-0.25, -0.2) is 9.97 Å². The number of nitrogens with zero attached hydrogens (tertiary/aromatic N) is 4. The van der Waals surface area contributed by atoms with Gasteiger partial charge in [-0.3, -0.25) is 0 Å². The first-order valence-corrected chi connectivity index (χ1v) is 5.12. The van der Waals surface area contributed by atoms with Crippen molar-refractivity contribution < 1.29 is 9.47 Å². The minimum Gasteiger partial charge on any atom is -0.382 e. The van der Waals surface area contributed by atoms with Gasteiger partial charge in [0, 0.05) is 19.5 Å². The molecule has 0 aromatic carbocycles. The number of ether oxygens (including phenoxy) is 2. The van der Waals surface area contributed by atoms with E-state index < -0.39 is 0 Å². The highest BCUT2D eigenvalue weighted by Crippen LogP contribution is 2.17. The summed E-state index contributed by atoms with van der Waals surface area (Å²) in [5.74, 6) is 0. The highest BCUT2D eigenvalue weighted by atomic mass is 16.5. The van der Waals surface area contributed by atoms with Crippen LogP contribution in [0.5, 0.6) is 0 Å². The molecule has 0 atom stereocenters. The summed E-state index contributed by atoms with van der Waals surface area (Å²) in [6.45, 7) is 1.39. The smallest absolute Gasteiger partial charge is 0.146 e. The van der Waals surface area contributed by atoms with Gasteiger partial charge in [0.1, 0.15) is 24.8 Å². The highest BCUT2D eigenvalue weighted by Gasteiger charge is 2.08. The Morgan fingerprint density at radius 1 is 1.47 bits per heavy atom. The first-order chi connectivity index (χ1) is 8.36. The molecule has 88 valence electrons. The zero-order chi connectivity index (χ0) is 12.1. The van der Waals surface area contributed by atoms with E-state index >= 15 is 0 Å². The van der Waals surface area contributed by atoms with Gasteiger partial charge in [0.25, 0.3) is 0 Å². The Balaban J connectivity index is 2.20. The van der Waals surface area contributed by atoms with E-state index in [0.717, 1.165) is 5.39 Å². The van der Waals surface area contributed by atoms with E-state index in [1.54, 1.807) is 24.1 Å². The SMILES string of the molecule is COCCOCn1cc(C#N)c2cncnc21. The number of methoxy groups -OCH3 is 1. The number of aromatic nitrogens is 3. The molecule has 0 spiro atoms. The van der Waals surface area contributed by atoms with Crippen molar-refractivity contribution in [3.63, 3.8) is 0 Å². The van der Waals surface area contributed by atoms with Crippen molar-refractivity contribution in [3.05, 3.63) is 24.3 Å². The number of fused-ring (bicyclic) bond motifs is 1. The van der Waals surface area contributed by atoms with Gasteiger partial charge in [-0.05, 0) is 0 Å². The standard InChI is InChI=1S/C11H12N4O2/c1-16-2-3-17-8-15-6-9(4-12)10-5-13-7-14-11(10)15/h5-7H,2-3,8H2,1H3. The first-order valence-electron chi connectivity index (χ1n) is 5.12. The molecule has 0 aliphatic heterocycles. The van der Waals surface area contributed by atoms with Crippen molar-refractivity contribution in [1.29, 1.82) is 5.26 Å². The molecule has 0 fully saturated rings. The van der Waals surface area contributed by atoms with Crippen LogP contribution in [-0.4, -0.2) is 34.9 Å². The zero-order valence-electron chi connectivity index (χ0n) is 9.46. The molecule has 0 radical (unpaired) electrons. The molecule has 0 amide bonds. The lowest BCUT2D eigenvalue weighted by Crippen LogP contribution is -2.06. The summed E-state index contributed by atoms with van der Waals surface area (Å²) in [7, 11) is 1.62. The highest BCUT2D eigenvalue weighted by molar-refractivity contribution is 5.82. The second kappa shape index (κ2) is 5.39. The zero-order valence-corrected chi connectivity index (χ0v) is 9.46. The molecular weight excluding hydrogens is 220 g/mol. The quantitative estimate of drug-likeness (QED) is 0.717. The van der Waals surface area contributed by atoms with Crippen LogP contribution in [0.25, 0.3) is 11.0 Å². The van der Waals surface area contributed by atoms with Crippen LogP contribution in [0.3, 0.4) is 0 Å². The average molecular weight is 232 g/mol. The van der Waals surface area contributed by atoms with E-state index in [1.807, 2.05) is 0 Å². The molecule has 2 heterocycles. The molecule has 0 saturated carbocycles. The Hall–Kier alpha value is -1.97. The average Bonchev–Trinajstić information content (AvgIpc) is 2.73. The van der Waals surface area contributed by atoms with Gasteiger partial charge in [0.2, 0.25) is 0 Å². The van der Waals surface area contributed by atoms with Crippen LogP contribution < -0.4 is 0 Å². The summed E-state index contributed by atoms with van der Waals surface area (Å²) in [5.41, 5.74) is 1.25. The summed E-state index contributed by atoms with van der Waals surface area (Å²) < 4.78 is 12.1. The molecule has 0 unspecified atom stereocenters. The van der Waals surface area contributed by atoms with Gasteiger partial charge in [0.05, 0.1) is 24.2 Å². The Bertz CT molecular complexity index is 544. The summed E-state index contributed by atoms with van der Waals surface area (Å²) in [6.07, 6.45) is 4.80. The molecule has 2 aromatic heterocycles. The predicted octanol–water partition coefficient (Wildman–Crippen LogP) is 0.923. The third kappa shape index (κ3) is 2.41. The number of nitriles is 1. The Labute approximate surface area is 98.4 Å². The summed E-state index contributed by atoms with van der Waals surface area (Å²) in [5, 5.41) is 9.72. The molecule has 6 heteroatoms. The second-order valence-corrected chi connectivity index (χ2v) is 3.41. The summed E-state index contributed by atoms with van der Waals surface area (Å²) >= 11 is 0. The molecule has 2 rings (SSSR count). The van der Waals surface area contributed by atoms with E-state index in [0.29, 0.717) is 31.2 Å². The summed E-state index contributed by atoms with van der Waals surface area (Å²) in [6, 6.07) is 2.11. The Morgan fingerprint density at radius 3 is 3.12 bits per heavy atom. The second-order valence-electron chi connectivity index (χ2n) is 3.41. The van der Waals surface area contributed by atoms with E-state index in [-0.39, 0.29) is 0 Å². The fourth-order valence-corrected chi connectivity index (χ4v) is 1.52. The fourth-order valence-electron chi connectivity index (χ4n) is 1.52. The van der Waals surface area contributed by atoms with Crippen LogP contribution in [0, 0.1) is 11.3 Å². The number of hydrogen-bond donors (Lipinski definition) is 0. The van der Waals surface area contributed by atoms with Crippen molar-refractivity contribution in [1.82, 2.24) is 14.5 Å². The van der Waals surface area contributed by atoms with Crippen LogP contribution in [0.2, 0.25) is 0 Å². The van der Waals surface area contributed by atoms with Crippen molar-refractivity contribution in [2.45, 2.75) is 6.73 Å². The van der Waals surface area contributed by atoms with Gasteiger partial charge in [-0.2, -0.15) is 5.26 Å². The molecule has 2 aromatic rings. The normalized spacial score (nSPS) is 10.6. The largest absolute Gasteiger partial charge is 0.382 e. The third-order valence-electron chi connectivity index (χ3n) is 2.32. The molecule has 0 N–H and O–H groups in total. The van der Waals surface area contributed by atoms with Crippen molar-refractivity contribution in [2.75, 3.05) is 20.3 Å². The Morgan fingerprint density at radius 2 is 2.35 bits per heavy atom. The maximum Gasteiger partial charge on any atom is 0.146 e. The van der Waals surface area contributed by atoms with E-state index in [9.17, 15) is 0 Å². The maximum atomic E-state index is 8.98. The van der Waals surface area contributed by atoms with Crippen LogP contribution in [0.4, 0.5) is 0 Å². The molecule has 0 saturated heterocycles. The first kappa shape index (κ1) is 11.5. The lowest BCUT2D eigenvalue weighted by atomic mass is 10.3. The maximum absolute atomic E-state index is 8.98. The van der Waals surface area contributed by atoms with Crippen LogP contribution in [-0.2, 0) is 16.2 Å². The Kier molecular flexibility index (Phi) is 3.65. The van der Waals surface area contributed by atoms with E-state index in [4.69, 9.17) is 14.7 Å². The van der Waals surface area contributed by atoms with E-state index in [1.165, 1.54) is 6.33 Å². The summed E-state index contributed by atoms with van der Waals surface area (Å²) in [4.78, 5) is 8.05. The lowest BCUT2D eigenvalue weighted by molar-refractivity contribution is 0.0358. The molecule has 0 aliphatic carbocycles. The van der Waals surface area contributed by atoms with Gasteiger partial charge < -0.3 is 14.0 Å². The lowest BCUT2D eigenvalue weighted by Gasteiger charge is -2.05. The van der Waals surface area contributed by atoms with Crippen LogP contribution in [0.1, 0.15) is 5.56 Å². The van der Waals surface area contributed by atoms with E-state index in [2.05, 4.69) is 16.0 Å². The van der Waals surface area contributed by atoms with Gasteiger partial charge in [0.15, 0.2) is 0 Å². The molecule has 6 nitrogen and oxygen atoms in total. The van der Waals surface area contributed by atoms with Gasteiger partial charge in [-0.1, -0.05) is 0 Å². The van der Waals surface area contributed by atoms with Crippen molar-refractivity contribution in [2.24, 2.45) is 0 Å². The predicted molar refractivity (Wildman–Crippen MR) is 60.1 cm³/mol. The number of rotatable bonds is 5. The number of hydrogen-bond acceptors (Lipinski definition) is 5. The monoisotopic (exact) mass is 232 g/mol. The topological polar surface area (TPSA) is 73.0 Å². The molecular formula is C11H12N4O2. The van der Waals surface area contributed by atoms with Crippen molar-refractivity contribution >= 4 is 11.0 Å². The van der Waals surface area contributed by atoms with Crippen LogP contribution >= 0.6 is 0 Å². The molecule has 0 bridgehead atoms. The van der Waals surface area contributed by atoms with Crippen LogP contribution in [0.15, 0.2) is 18.7 Å². The van der Waals surface area contributed by atoms with Crippen molar-refractivity contribution in [3.8, 4) is 6.07 Å². The fraction of sp³-hybridized carbons (Fsp3) is 0.364. The van der Waals surface area contributed by atoms with Gasteiger partial charge in [-0.15, -0.1) is 0 Å². The minimum atomic E-state index is 0.346. The minimum absolute atomic E-state index is 0.346.